The summed E-state index contributed by atoms with van der Waals surface area (Å²) in [5, 5.41) is 11.1. The fraction of sp³-hybridized carbons (Fsp3) is 0.314. The fourth-order valence-electron chi connectivity index (χ4n) is 7.25. The van der Waals surface area contributed by atoms with Crippen LogP contribution in [0.3, 0.4) is 0 Å². The fourth-order valence-corrected chi connectivity index (χ4v) is 7.25. The number of fused-ring (bicyclic) bond motifs is 4. The zero-order valence-electron chi connectivity index (χ0n) is 27.1. The van der Waals surface area contributed by atoms with E-state index in [4.69, 9.17) is 9.47 Å². The van der Waals surface area contributed by atoms with Gasteiger partial charge in [-0.3, -0.25) is 14.4 Å². The number of aromatic nitrogens is 5. The Kier molecular flexibility index (Phi) is 7.22. The SMILES string of the molecule is COc1cc2nc(CCn3c(=O)n4n(c3=O)C3CC5=C(C(=O)C=C(C)C5=O)C(c5cccc(C)c5O)C3=CC4)c(=O)n(C)c2cc1OC. The molecule has 3 aliphatic rings. The first-order chi connectivity index (χ1) is 23.0. The second kappa shape index (κ2) is 11.2. The van der Waals surface area contributed by atoms with Gasteiger partial charge in [0.2, 0.25) is 0 Å². The number of hydrogen-bond acceptors (Lipinski definition) is 9. The number of hydrogen-bond donors (Lipinski definition) is 1. The molecule has 0 saturated carbocycles. The predicted molar refractivity (Wildman–Crippen MR) is 175 cm³/mol. The van der Waals surface area contributed by atoms with Crippen LogP contribution in [0.1, 0.15) is 42.1 Å². The van der Waals surface area contributed by atoms with Crippen LogP contribution < -0.4 is 26.4 Å². The first-order valence-electron chi connectivity index (χ1n) is 15.5. The first kappa shape index (κ1) is 30.9. The average Bonchev–Trinajstić information content (AvgIpc) is 3.32. The van der Waals surface area contributed by atoms with Crippen LogP contribution >= 0.6 is 0 Å². The molecule has 2 aliphatic carbocycles. The molecule has 4 aromatic rings. The molecule has 0 amide bonds. The molecule has 1 aliphatic heterocycles. The molecule has 0 spiro atoms. The summed E-state index contributed by atoms with van der Waals surface area (Å²) >= 11 is 0. The summed E-state index contributed by atoms with van der Waals surface area (Å²) < 4.78 is 15.9. The molecule has 13 nitrogen and oxygen atoms in total. The van der Waals surface area contributed by atoms with E-state index in [9.17, 15) is 29.1 Å². The van der Waals surface area contributed by atoms with Crippen molar-refractivity contribution in [3.05, 3.63) is 113 Å². The second-order valence-electron chi connectivity index (χ2n) is 12.3. The Morgan fingerprint density at radius 1 is 1.00 bits per heavy atom. The molecule has 246 valence electrons. The van der Waals surface area contributed by atoms with Crippen molar-refractivity contribution in [3.8, 4) is 17.2 Å². The number of ether oxygens (including phenoxy) is 2. The summed E-state index contributed by atoms with van der Waals surface area (Å²) in [6.45, 7) is 3.23. The van der Waals surface area contributed by atoms with Gasteiger partial charge >= 0.3 is 11.4 Å². The number of phenolic OH excluding ortho intramolecular Hbond substituents is 1. The lowest BCUT2D eigenvalue weighted by Gasteiger charge is -2.39. The lowest BCUT2D eigenvalue weighted by molar-refractivity contribution is -0.116. The Bertz CT molecular complexity index is 2380. The van der Waals surface area contributed by atoms with E-state index in [1.165, 1.54) is 34.2 Å². The number of para-hydroxylation sites is 1. The van der Waals surface area contributed by atoms with E-state index in [0.717, 1.165) is 4.57 Å². The highest BCUT2D eigenvalue weighted by atomic mass is 16.5. The summed E-state index contributed by atoms with van der Waals surface area (Å²) in [5.41, 5.74) is 2.13. The van der Waals surface area contributed by atoms with Gasteiger partial charge in [0.1, 0.15) is 11.4 Å². The number of ketones is 2. The highest BCUT2D eigenvalue weighted by molar-refractivity contribution is 6.23. The standard InChI is InChI=1S/C35H33N5O8/c1-17-7-6-8-20(31(17)42)29-19-9-12-39-34(45)38(35(46)40(39)24(19)14-21-30(29)26(41)13-18(2)32(21)43)11-10-22-33(44)37(3)25-16-28(48-5)27(47-4)15-23(25)36-22/h6-9,13,15-16,24,29,42H,10-12,14H2,1-5H3. The average molecular weight is 652 g/mol. The van der Waals surface area contributed by atoms with Crippen molar-refractivity contribution in [1.82, 2.24) is 23.5 Å². The van der Waals surface area contributed by atoms with Crippen molar-refractivity contribution in [2.24, 2.45) is 7.05 Å². The van der Waals surface area contributed by atoms with Gasteiger partial charge in [-0.1, -0.05) is 24.3 Å². The number of benzene rings is 2. The molecule has 2 atom stereocenters. The Balaban J connectivity index is 1.30. The summed E-state index contributed by atoms with van der Waals surface area (Å²) in [6.07, 6.45) is 3.15. The molecule has 2 aromatic carbocycles. The van der Waals surface area contributed by atoms with Crippen LogP contribution in [0.5, 0.6) is 17.2 Å². The molecule has 0 saturated heterocycles. The van der Waals surface area contributed by atoms with Crippen LogP contribution in [0.2, 0.25) is 0 Å². The van der Waals surface area contributed by atoms with Gasteiger partial charge in [-0.05, 0) is 31.1 Å². The molecule has 0 bridgehead atoms. The van der Waals surface area contributed by atoms with E-state index in [2.05, 4.69) is 4.98 Å². The number of allylic oxidation sites excluding steroid dienone is 6. The Hall–Kier alpha value is -5.72. The third-order valence-electron chi connectivity index (χ3n) is 9.71. The molecule has 0 fully saturated rings. The van der Waals surface area contributed by atoms with E-state index in [1.54, 1.807) is 57.3 Å². The van der Waals surface area contributed by atoms with E-state index < -0.39 is 23.3 Å². The zero-order valence-corrected chi connectivity index (χ0v) is 27.1. The maximum atomic E-state index is 14.1. The maximum Gasteiger partial charge on any atom is 0.347 e. The van der Waals surface area contributed by atoms with Gasteiger partial charge in [-0.15, -0.1) is 0 Å². The normalized spacial score (nSPS) is 18.7. The van der Waals surface area contributed by atoms with Crippen LogP contribution in [0.25, 0.3) is 11.0 Å². The monoisotopic (exact) mass is 651 g/mol. The number of rotatable bonds is 6. The minimum absolute atomic E-state index is 0.00386. The van der Waals surface area contributed by atoms with Crippen molar-refractivity contribution in [2.75, 3.05) is 14.2 Å². The summed E-state index contributed by atoms with van der Waals surface area (Å²) in [7, 11) is 4.60. The second-order valence-corrected chi connectivity index (χ2v) is 12.3. The third kappa shape index (κ3) is 4.44. The van der Waals surface area contributed by atoms with Crippen molar-refractivity contribution >= 4 is 22.6 Å². The molecule has 2 aromatic heterocycles. The van der Waals surface area contributed by atoms with E-state index in [-0.39, 0.29) is 71.2 Å². The highest BCUT2D eigenvalue weighted by Crippen LogP contribution is 2.51. The number of aryl methyl sites for hydroxylation is 3. The maximum absolute atomic E-state index is 14.1. The molecule has 2 unspecified atom stereocenters. The number of nitrogens with zero attached hydrogens (tertiary/aromatic N) is 5. The van der Waals surface area contributed by atoms with Gasteiger partial charge in [0.15, 0.2) is 23.1 Å². The molecular weight excluding hydrogens is 618 g/mol. The molecule has 3 heterocycles. The van der Waals surface area contributed by atoms with Gasteiger partial charge in [0.25, 0.3) is 5.56 Å². The molecule has 7 rings (SSSR count). The predicted octanol–water partition coefficient (Wildman–Crippen LogP) is 2.40. The molecule has 0 radical (unpaired) electrons. The van der Waals surface area contributed by atoms with Crippen LogP contribution in [0.4, 0.5) is 0 Å². The van der Waals surface area contributed by atoms with Gasteiger partial charge in [0, 0.05) is 66.8 Å². The Labute approximate surface area is 273 Å². The van der Waals surface area contributed by atoms with Crippen LogP contribution in [0.15, 0.2) is 79.2 Å². The third-order valence-corrected chi connectivity index (χ3v) is 9.71. The van der Waals surface area contributed by atoms with E-state index in [0.29, 0.717) is 39.2 Å². The van der Waals surface area contributed by atoms with Crippen molar-refractivity contribution < 1.29 is 24.2 Å². The molecule has 48 heavy (non-hydrogen) atoms. The first-order valence-corrected chi connectivity index (χ1v) is 15.5. The number of phenols is 1. The smallest absolute Gasteiger partial charge is 0.347 e. The van der Waals surface area contributed by atoms with Crippen LogP contribution in [-0.2, 0) is 36.1 Å². The highest BCUT2D eigenvalue weighted by Gasteiger charge is 2.45. The largest absolute Gasteiger partial charge is 0.507 e. The number of methoxy groups -OCH3 is 2. The van der Waals surface area contributed by atoms with Crippen molar-refractivity contribution in [2.45, 2.75) is 51.7 Å². The van der Waals surface area contributed by atoms with Gasteiger partial charge in [-0.25, -0.2) is 28.5 Å². The Morgan fingerprint density at radius 3 is 2.46 bits per heavy atom. The van der Waals surface area contributed by atoms with Crippen LogP contribution in [0, 0.1) is 6.92 Å². The zero-order chi connectivity index (χ0) is 34.2. The summed E-state index contributed by atoms with van der Waals surface area (Å²) in [4.78, 5) is 72.6. The minimum atomic E-state index is -0.793. The van der Waals surface area contributed by atoms with Gasteiger partial charge < -0.3 is 19.1 Å². The lowest BCUT2D eigenvalue weighted by Crippen LogP contribution is -2.40. The quantitative estimate of drug-likeness (QED) is 0.244. The number of aromatic hydroxyl groups is 1. The van der Waals surface area contributed by atoms with Crippen molar-refractivity contribution in [3.63, 3.8) is 0 Å². The Morgan fingerprint density at radius 2 is 1.73 bits per heavy atom. The number of carbonyl (C=O) groups excluding carboxylic acids is 2. The molecule has 1 N–H and O–H groups in total. The van der Waals surface area contributed by atoms with E-state index >= 15 is 0 Å². The molecular formula is C35H33N5O8. The molecule has 13 heteroatoms. The number of Topliss-reactive ketones (excluding diaryl/α,β-unsaturated/α-hetero) is 1. The summed E-state index contributed by atoms with van der Waals surface area (Å²) in [6, 6.07) is 7.78. The van der Waals surface area contributed by atoms with Crippen molar-refractivity contribution in [1.29, 1.82) is 0 Å². The van der Waals surface area contributed by atoms with E-state index in [1.807, 2.05) is 0 Å². The minimum Gasteiger partial charge on any atom is -0.507 e. The number of carbonyl (C=O) groups is 2. The lowest BCUT2D eigenvalue weighted by atomic mass is 9.67. The van der Waals surface area contributed by atoms with Gasteiger partial charge in [0.05, 0.1) is 37.8 Å². The summed E-state index contributed by atoms with van der Waals surface area (Å²) in [5.74, 6) is -0.542. The van der Waals surface area contributed by atoms with Gasteiger partial charge in [-0.2, -0.15) is 0 Å². The topological polar surface area (TPSA) is 157 Å². The van der Waals surface area contributed by atoms with Crippen LogP contribution in [-0.4, -0.2) is 54.4 Å².